The van der Waals surface area contributed by atoms with Crippen LogP contribution < -0.4 is 15.8 Å². The minimum Gasteiger partial charge on any atom is -0.432 e. The number of benzene rings is 1. The Morgan fingerprint density at radius 1 is 1.43 bits per heavy atom. The molecular weight excluding hydrogens is 285 g/mol. The SMILES string of the molecule is CC(Cn1ccnc1)Nc1cc(OC(F)F)c(F)cc1N. The van der Waals surface area contributed by atoms with Crippen LogP contribution in [-0.4, -0.2) is 22.2 Å². The lowest BCUT2D eigenvalue weighted by atomic mass is 10.2. The van der Waals surface area contributed by atoms with E-state index in [1.54, 1.807) is 18.7 Å². The van der Waals surface area contributed by atoms with Crippen LogP contribution in [-0.2, 0) is 6.54 Å². The average molecular weight is 300 g/mol. The zero-order valence-electron chi connectivity index (χ0n) is 11.3. The summed E-state index contributed by atoms with van der Waals surface area (Å²) < 4.78 is 43.8. The fourth-order valence-electron chi connectivity index (χ4n) is 1.90. The van der Waals surface area contributed by atoms with Crippen LogP contribution in [0.1, 0.15) is 6.92 Å². The molecular formula is C13H15F3N4O. The van der Waals surface area contributed by atoms with E-state index in [2.05, 4.69) is 15.0 Å². The second-order valence-electron chi connectivity index (χ2n) is 4.55. The van der Waals surface area contributed by atoms with Crippen LogP contribution in [0.4, 0.5) is 24.5 Å². The van der Waals surface area contributed by atoms with Gasteiger partial charge in [-0.05, 0) is 6.92 Å². The molecule has 0 fully saturated rings. The van der Waals surface area contributed by atoms with Crippen molar-refractivity contribution in [3.63, 3.8) is 0 Å². The zero-order valence-corrected chi connectivity index (χ0v) is 11.3. The fourth-order valence-corrected chi connectivity index (χ4v) is 1.90. The van der Waals surface area contributed by atoms with Crippen LogP contribution in [0.2, 0.25) is 0 Å². The molecule has 1 atom stereocenters. The maximum Gasteiger partial charge on any atom is 0.387 e. The van der Waals surface area contributed by atoms with Crippen LogP contribution in [0.15, 0.2) is 30.9 Å². The van der Waals surface area contributed by atoms with Crippen molar-refractivity contribution >= 4 is 11.4 Å². The second kappa shape index (κ2) is 6.38. The van der Waals surface area contributed by atoms with Gasteiger partial charge in [-0.3, -0.25) is 0 Å². The number of hydrogen-bond acceptors (Lipinski definition) is 4. The van der Waals surface area contributed by atoms with Crippen molar-refractivity contribution in [2.24, 2.45) is 0 Å². The lowest BCUT2D eigenvalue weighted by Gasteiger charge is -2.18. The molecule has 0 aliphatic rings. The summed E-state index contributed by atoms with van der Waals surface area (Å²) in [5, 5.41) is 3.02. The highest BCUT2D eigenvalue weighted by molar-refractivity contribution is 5.68. The number of nitrogens with zero attached hydrogens (tertiary/aromatic N) is 2. The molecule has 0 saturated heterocycles. The molecule has 8 heteroatoms. The molecule has 1 aromatic heterocycles. The molecule has 21 heavy (non-hydrogen) atoms. The van der Waals surface area contributed by atoms with Crippen molar-refractivity contribution in [2.75, 3.05) is 11.1 Å². The van der Waals surface area contributed by atoms with E-state index in [-0.39, 0.29) is 11.7 Å². The Morgan fingerprint density at radius 3 is 2.81 bits per heavy atom. The summed E-state index contributed by atoms with van der Waals surface area (Å²) in [4.78, 5) is 3.92. The van der Waals surface area contributed by atoms with Crippen molar-refractivity contribution in [1.82, 2.24) is 9.55 Å². The van der Waals surface area contributed by atoms with Gasteiger partial charge in [0.1, 0.15) is 0 Å². The first-order valence-electron chi connectivity index (χ1n) is 6.22. The Balaban J connectivity index is 2.11. The zero-order chi connectivity index (χ0) is 15.4. The first-order valence-corrected chi connectivity index (χ1v) is 6.22. The van der Waals surface area contributed by atoms with Crippen LogP contribution >= 0.6 is 0 Å². The summed E-state index contributed by atoms with van der Waals surface area (Å²) >= 11 is 0. The Labute approximate surface area is 119 Å². The molecule has 0 aliphatic carbocycles. The molecule has 114 valence electrons. The molecule has 0 bridgehead atoms. The monoisotopic (exact) mass is 300 g/mol. The van der Waals surface area contributed by atoms with Gasteiger partial charge in [-0.25, -0.2) is 9.37 Å². The molecule has 1 unspecified atom stereocenters. The third-order valence-corrected chi connectivity index (χ3v) is 2.77. The van der Waals surface area contributed by atoms with Crippen molar-refractivity contribution in [3.8, 4) is 5.75 Å². The molecule has 5 nitrogen and oxygen atoms in total. The maximum absolute atomic E-state index is 13.5. The molecule has 0 radical (unpaired) electrons. The molecule has 1 aromatic carbocycles. The van der Waals surface area contributed by atoms with Crippen molar-refractivity contribution < 1.29 is 17.9 Å². The van der Waals surface area contributed by atoms with Crippen molar-refractivity contribution in [1.29, 1.82) is 0 Å². The number of ether oxygens (including phenoxy) is 1. The number of nitrogens with one attached hydrogen (secondary N) is 1. The van der Waals surface area contributed by atoms with E-state index in [0.29, 0.717) is 12.2 Å². The first-order chi connectivity index (χ1) is 9.95. The smallest absolute Gasteiger partial charge is 0.387 e. The largest absolute Gasteiger partial charge is 0.432 e. The number of anilines is 2. The van der Waals surface area contributed by atoms with Gasteiger partial charge < -0.3 is 20.4 Å². The van der Waals surface area contributed by atoms with Gasteiger partial charge in [0, 0.05) is 37.1 Å². The topological polar surface area (TPSA) is 65.1 Å². The first kappa shape index (κ1) is 15.0. The second-order valence-corrected chi connectivity index (χ2v) is 4.55. The third kappa shape index (κ3) is 4.04. The van der Waals surface area contributed by atoms with Crippen LogP contribution in [0.3, 0.4) is 0 Å². The molecule has 0 saturated carbocycles. The number of rotatable bonds is 6. The Bertz CT molecular complexity index is 589. The molecule has 0 amide bonds. The standard InChI is InChI=1S/C13H15F3N4O/c1-8(6-20-3-2-18-7-20)19-11-5-12(21-13(15)16)9(14)4-10(11)17/h2-5,7-8,13,19H,6,17H2,1H3. The van der Waals surface area contributed by atoms with Gasteiger partial charge in [-0.1, -0.05) is 0 Å². The van der Waals surface area contributed by atoms with Crippen molar-refractivity contribution in [2.45, 2.75) is 26.1 Å². The molecule has 0 aliphatic heterocycles. The number of nitrogen functional groups attached to an aromatic ring is 1. The number of imidazole rings is 1. The summed E-state index contributed by atoms with van der Waals surface area (Å²) in [6.07, 6.45) is 5.09. The van der Waals surface area contributed by atoms with Gasteiger partial charge in [0.25, 0.3) is 0 Å². The lowest BCUT2D eigenvalue weighted by Crippen LogP contribution is -2.22. The summed E-state index contributed by atoms with van der Waals surface area (Å²) in [6, 6.07) is 2.00. The number of hydrogen-bond donors (Lipinski definition) is 2. The van der Waals surface area contributed by atoms with Gasteiger partial charge in [-0.15, -0.1) is 0 Å². The minimum absolute atomic E-state index is 0.0774. The van der Waals surface area contributed by atoms with E-state index < -0.39 is 18.2 Å². The Morgan fingerprint density at radius 2 is 2.19 bits per heavy atom. The summed E-state index contributed by atoms with van der Waals surface area (Å²) in [5.74, 6) is -1.47. The summed E-state index contributed by atoms with van der Waals surface area (Å²) in [5.41, 5.74) is 6.13. The Kier molecular flexibility index (Phi) is 4.56. The number of alkyl halides is 2. The van der Waals surface area contributed by atoms with E-state index in [1.165, 1.54) is 0 Å². The van der Waals surface area contributed by atoms with Gasteiger partial charge in [-0.2, -0.15) is 8.78 Å². The predicted molar refractivity (Wildman–Crippen MR) is 72.8 cm³/mol. The van der Waals surface area contributed by atoms with Gasteiger partial charge in [0.2, 0.25) is 0 Å². The van der Waals surface area contributed by atoms with Gasteiger partial charge in [0.15, 0.2) is 11.6 Å². The molecule has 2 aromatic rings. The van der Waals surface area contributed by atoms with Gasteiger partial charge in [0.05, 0.1) is 17.7 Å². The minimum atomic E-state index is -3.10. The molecule has 2 rings (SSSR count). The highest BCUT2D eigenvalue weighted by Gasteiger charge is 2.14. The molecule has 0 spiro atoms. The number of halogens is 3. The van der Waals surface area contributed by atoms with E-state index in [4.69, 9.17) is 5.73 Å². The van der Waals surface area contributed by atoms with Crippen molar-refractivity contribution in [3.05, 3.63) is 36.7 Å². The fraction of sp³-hybridized carbons (Fsp3) is 0.308. The van der Waals surface area contributed by atoms with E-state index in [9.17, 15) is 13.2 Å². The quantitative estimate of drug-likeness (QED) is 0.805. The highest BCUT2D eigenvalue weighted by Crippen LogP contribution is 2.29. The normalized spacial score (nSPS) is 12.4. The van der Waals surface area contributed by atoms with Crippen LogP contribution in [0, 0.1) is 5.82 Å². The number of aromatic nitrogens is 2. The van der Waals surface area contributed by atoms with Gasteiger partial charge >= 0.3 is 6.61 Å². The maximum atomic E-state index is 13.5. The van der Waals surface area contributed by atoms with Crippen LogP contribution in [0.5, 0.6) is 5.75 Å². The van der Waals surface area contributed by atoms with E-state index in [1.807, 2.05) is 11.5 Å². The van der Waals surface area contributed by atoms with E-state index >= 15 is 0 Å². The lowest BCUT2D eigenvalue weighted by molar-refractivity contribution is -0.0521. The predicted octanol–water partition coefficient (Wildman–Crippen LogP) is 2.71. The highest BCUT2D eigenvalue weighted by atomic mass is 19.3. The summed E-state index contributed by atoms with van der Waals surface area (Å²) in [6.45, 7) is -0.641. The Hall–Kier alpha value is -2.38. The number of nitrogens with two attached hydrogens (primary N) is 1. The average Bonchev–Trinajstić information content (AvgIpc) is 2.87. The van der Waals surface area contributed by atoms with E-state index in [0.717, 1.165) is 12.1 Å². The third-order valence-electron chi connectivity index (χ3n) is 2.77. The molecule has 1 heterocycles. The molecule has 3 N–H and O–H groups in total. The van der Waals surface area contributed by atoms with Crippen LogP contribution in [0.25, 0.3) is 0 Å². The summed E-state index contributed by atoms with van der Waals surface area (Å²) in [7, 11) is 0.